The van der Waals surface area contributed by atoms with Crippen molar-refractivity contribution in [2.24, 2.45) is 22.0 Å². The molecule has 0 aromatic rings. The number of amides is 1. The molecule has 3 heteroatoms. The van der Waals surface area contributed by atoms with Gasteiger partial charge in [-0.25, -0.2) is 0 Å². The summed E-state index contributed by atoms with van der Waals surface area (Å²) in [5.41, 5.74) is 4.42. The highest BCUT2D eigenvalue weighted by molar-refractivity contribution is 5.81. The van der Waals surface area contributed by atoms with E-state index in [0.717, 1.165) is 6.42 Å². The number of rotatable bonds is 6. The second-order valence-corrected chi connectivity index (χ2v) is 7.21. The fourth-order valence-corrected chi connectivity index (χ4v) is 2.67. The Labute approximate surface area is 105 Å². The van der Waals surface area contributed by atoms with Gasteiger partial charge in [-0.2, -0.15) is 0 Å². The molecule has 0 aromatic carbocycles. The highest BCUT2D eigenvalue weighted by Gasteiger charge is 2.38. The lowest BCUT2D eigenvalue weighted by Crippen LogP contribution is -2.38. The van der Waals surface area contributed by atoms with Crippen molar-refractivity contribution in [1.82, 2.24) is 0 Å². The van der Waals surface area contributed by atoms with Crippen molar-refractivity contribution in [3.63, 3.8) is 0 Å². The van der Waals surface area contributed by atoms with Gasteiger partial charge in [0.25, 0.3) is 0 Å². The van der Waals surface area contributed by atoms with Gasteiger partial charge < -0.3 is 5.73 Å². The van der Waals surface area contributed by atoms with E-state index in [-0.39, 0.29) is 22.5 Å². The number of nitrogens with two attached hydrogens (primary N) is 1. The molecular formula is C14H27NO2. The van der Waals surface area contributed by atoms with Crippen molar-refractivity contribution in [3.8, 4) is 0 Å². The van der Waals surface area contributed by atoms with Crippen molar-refractivity contribution in [2.75, 3.05) is 0 Å². The number of Topliss-reactive ketones (excluding diaryl/α,β-unsaturated/α-hetero) is 1. The zero-order valence-corrected chi connectivity index (χ0v) is 12.3. The quantitative estimate of drug-likeness (QED) is 0.777. The molecule has 3 nitrogen and oxygen atoms in total. The van der Waals surface area contributed by atoms with Crippen LogP contribution in [0.25, 0.3) is 0 Å². The summed E-state index contributed by atoms with van der Waals surface area (Å²) in [5, 5.41) is 0. The van der Waals surface area contributed by atoms with Crippen LogP contribution in [0.4, 0.5) is 0 Å². The van der Waals surface area contributed by atoms with Gasteiger partial charge in [0.05, 0.1) is 0 Å². The minimum Gasteiger partial charge on any atom is -0.369 e. The monoisotopic (exact) mass is 241 g/mol. The topological polar surface area (TPSA) is 60.2 Å². The summed E-state index contributed by atoms with van der Waals surface area (Å²) in [4.78, 5) is 22.9. The second-order valence-electron chi connectivity index (χ2n) is 7.21. The Balaban J connectivity index is 4.82. The third kappa shape index (κ3) is 4.88. The molecule has 0 unspecified atom stereocenters. The molecule has 0 saturated heterocycles. The molecule has 0 saturated carbocycles. The molecule has 0 aliphatic heterocycles. The van der Waals surface area contributed by atoms with Crippen LogP contribution in [0.2, 0.25) is 0 Å². The Bertz CT molecular complexity index is 284. The maximum atomic E-state index is 11.6. The minimum absolute atomic E-state index is 0.0896. The summed E-state index contributed by atoms with van der Waals surface area (Å²) in [6, 6.07) is 0. The van der Waals surface area contributed by atoms with Crippen LogP contribution in [0, 0.1) is 16.2 Å². The molecule has 0 aromatic heterocycles. The molecule has 1 amide bonds. The lowest BCUT2D eigenvalue weighted by atomic mass is 9.66. The molecule has 0 rings (SSSR count). The number of hydrogen-bond donors (Lipinski definition) is 1. The standard InChI is InChI=1S/C14H27NO2/c1-10(16)13(4,5)8-12(2,3)9-14(6,7)11(15)17/h8-9H2,1-7H3,(H2,15,17). The van der Waals surface area contributed by atoms with Crippen LogP contribution >= 0.6 is 0 Å². The van der Waals surface area contributed by atoms with E-state index in [0.29, 0.717) is 6.42 Å². The summed E-state index contributed by atoms with van der Waals surface area (Å²) in [6.45, 7) is 13.4. The van der Waals surface area contributed by atoms with Crippen molar-refractivity contribution in [1.29, 1.82) is 0 Å². The summed E-state index contributed by atoms with van der Waals surface area (Å²) in [5.74, 6) is -0.103. The highest BCUT2D eigenvalue weighted by Crippen LogP contribution is 2.42. The first kappa shape index (κ1) is 16.1. The van der Waals surface area contributed by atoms with Gasteiger partial charge in [0.15, 0.2) is 0 Å². The zero-order valence-electron chi connectivity index (χ0n) is 12.3. The molecule has 0 heterocycles. The minimum atomic E-state index is -0.531. The predicted octanol–water partition coefficient (Wildman–Crippen LogP) is 2.92. The van der Waals surface area contributed by atoms with Crippen LogP contribution in [0.1, 0.15) is 61.3 Å². The first-order chi connectivity index (χ1) is 7.30. The van der Waals surface area contributed by atoms with E-state index in [4.69, 9.17) is 5.73 Å². The van der Waals surface area contributed by atoms with Gasteiger partial charge in [0.2, 0.25) is 5.91 Å². The molecule has 2 N–H and O–H groups in total. The molecule has 0 bridgehead atoms. The average Bonchev–Trinajstić information content (AvgIpc) is 1.98. The SMILES string of the molecule is CC(=O)C(C)(C)CC(C)(C)CC(C)(C)C(N)=O. The maximum Gasteiger partial charge on any atom is 0.223 e. The predicted molar refractivity (Wildman–Crippen MR) is 70.5 cm³/mol. The summed E-state index contributed by atoms with van der Waals surface area (Å²) in [6.07, 6.45) is 1.44. The Morgan fingerprint density at radius 1 is 0.882 bits per heavy atom. The number of ketones is 1. The van der Waals surface area contributed by atoms with Crippen molar-refractivity contribution < 1.29 is 9.59 Å². The summed E-state index contributed by atoms with van der Waals surface area (Å²) in [7, 11) is 0. The van der Waals surface area contributed by atoms with Gasteiger partial charge in [0.1, 0.15) is 5.78 Å². The van der Waals surface area contributed by atoms with Crippen molar-refractivity contribution >= 4 is 11.7 Å². The second kappa shape index (κ2) is 4.79. The normalized spacial score (nSPS) is 13.6. The summed E-state index contributed by atoms with van der Waals surface area (Å²) >= 11 is 0. The van der Waals surface area contributed by atoms with Crippen molar-refractivity contribution in [2.45, 2.75) is 61.3 Å². The molecule has 0 radical (unpaired) electrons. The number of hydrogen-bond acceptors (Lipinski definition) is 2. The van der Waals surface area contributed by atoms with Crippen LogP contribution < -0.4 is 5.73 Å². The van der Waals surface area contributed by atoms with Gasteiger partial charge >= 0.3 is 0 Å². The van der Waals surface area contributed by atoms with Gasteiger partial charge in [-0.3, -0.25) is 9.59 Å². The smallest absolute Gasteiger partial charge is 0.223 e. The Morgan fingerprint density at radius 3 is 1.53 bits per heavy atom. The van der Waals surface area contributed by atoms with Gasteiger partial charge in [0, 0.05) is 10.8 Å². The Kier molecular flexibility index (Phi) is 4.55. The van der Waals surface area contributed by atoms with Gasteiger partial charge in [-0.15, -0.1) is 0 Å². The molecular weight excluding hydrogens is 214 g/mol. The highest BCUT2D eigenvalue weighted by atomic mass is 16.1. The maximum absolute atomic E-state index is 11.6. The number of primary amides is 1. The van der Waals surface area contributed by atoms with Crippen LogP contribution in [0.3, 0.4) is 0 Å². The van der Waals surface area contributed by atoms with E-state index in [1.54, 1.807) is 6.92 Å². The molecule has 0 spiro atoms. The third-order valence-corrected chi connectivity index (χ3v) is 3.46. The fourth-order valence-electron chi connectivity index (χ4n) is 2.67. The molecule has 17 heavy (non-hydrogen) atoms. The van der Waals surface area contributed by atoms with E-state index >= 15 is 0 Å². The Morgan fingerprint density at radius 2 is 1.24 bits per heavy atom. The molecule has 0 atom stereocenters. The summed E-state index contributed by atoms with van der Waals surface area (Å²) < 4.78 is 0. The van der Waals surface area contributed by atoms with Crippen LogP contribution in [-0.4, -0.2) is 11.7 Å². The van der Waals surface area contributed by atoms with E-state index in [1.807, 2.05) is 27.7 Å². The lowest BCUT2D eigenvalue weighted by Gasteiger charge is -2.37. The van der Waals surface area contributed by atoms with E-state index in [1.165, 1.54) is 0 Å². The van der Waals surface area contributed by atoms with Gasteiger partial charge in [-0.1, -0.05) is 41.5 Å². The molecule has 0 fully saturated rings. The fraction of sp³-hybridized carbons (Fsp3) is 0.857. The first-order valence-corrected chi connectivity index (χ1v) is 6.11. The van der Waals surface area contributed by atoms with Crippen LogP contribution in [-0.2, 0) is 9.59 Å². The number of carbonyl (C=O) groups is 2. The number of carbonyl (C=O) groups excluding carboxylic acids is 2. The Hall–Kier alpha value is -0.860. The van der Waals surface area contributed by atoms with E-state index < -0.39 is 5.41 Å². The molecule has 0 aliphatic rings. The van der Waals surface area contributed by atoms with Crippen LogP contribution in [0.5, 0.6) is 0 Å². The van der Waals surface area contributed by atoms with Crippen molar-refractivity contribution in [3.05, 3.63) is 0 Å². The third-order valence-electron chi connectivity index (χ3n) is 3.46. The van der Waals surface area contributed by atoms with Crippen LogP contribution in [0.15, 0.2) is 0 Å². The zero-order chi connectivity index (χ0) is 14.1. The largest absolute Gasteiger partial charge is 0.369 e. The lowest BCUT2D eigenvalue weighted by molar-refractivity contribution is -0.129. The average molecular weight is 241 g/mol. The first-order valence-electron chi connectivity index (χ1n) is 6.11. The molecule has 0 aliphatic carbocycles. The molecule has 100 valence electrons. The van der Waals surface area contributed by atoms with E-state index in [2.05, 4.69) is 13.8 Å². The van der Waals surface area contributed by atoms with Gasteiger partial charge in [-0.05, 0) is 25.2 Å². The van der Waals surface area contributed by atoms with E-state index in [9.17, 15) is 9.59 Å².